The molecule has 0 atom stereocenters. The Morgan fingerprint density at radius 3 is 2.77 bits per heavy atom. The molecule has 1 fully saturated rings. The molecule has 1 saturated carbocycles. The van der Waals surface area contributed by atoms with Crippen LogP contribution in [0.25, 0.3) is 11.3 Å². The Bertz CT molecular complexity index is 993. The fourth-order valence-electron chi connectivity index (χ4n) is 4.59. The molecule has 0 bridgehead atoms. The molecule has 2 aliphatic rings. The van der Waals surface area contributed by atoms with Crippen LogP contribution in [0, 0.1) is 0 Å². The van der Waals surface area contributed by atoms with Crippen LogP contribution in [0.2, 0.25) is 0 Å². The quantitative estimate of drug-likeness (QED) is 0.612. The van der Waals surface area contributed by atoms with Crippen molar-refractivity contribution in [2.75, 3.05) is 13.7 Å². The lowest BCUT2D eigenvalue weighted by Gasteiger charge is -2.28. The molecule has 1 aromatic carbocycles. The zero-order valence-corrected chi connectivity index (χ0v) is 17.5. The average Bonchev–Trinajstić information content (AvgIpc) is 3.28. The highest BCUT2D eigenvalue weighted by Gasteiger charge is 2.23. The normalized spacial score (nSPS) is 17.6. The van der Waals surface area contributed by atoms with Gasteiger partial charge in [-0.2, -0.15) is 0 Å². The summed E-state index contributed by atoms with van der Waals surface area (Å²) in [5, 5.41) is 4.28. The van der Waals surface area contributed by atoms with Gasteiger partial charge in [0.15, 0.2) is 5.76 Å². The Labute approximate surface area is 177 Å². The van der Waals surface area contributed by atoms with Gasteiger partial charge in [-0.1, -0.05) is 24.4 Å². The summed E-state index contributed by atoms with van der Waals surface area (Å²) in [5.41, 5.74) is 4.44. The van der Waals surface area contributed by atoms with E-state index < -0.39 is 0 Å². The number of hydrogen-bond donors (Lipinski definition) is 0. The van der Waals surface area contributed by atoms with Crippen molar-refractivity contribution in [2.24, 2.45) is 0 Å². The molecule has 3 heterocycles. The highest BCUT2D eigenvalue weighted by Crippen LogP contribution is 2.31. The molecule has 5 rings (SSSR count). The van der Waals surface area contributed by atoms with E-state index in [0.29, 0.717) is 5.92 Å². The van der Waals surface area contributed by atoms with Crippen LogP contribution in [0.4, 0.5) is 0 Å². The number of rotatable bonds is 5. The van der Waals surface area contributed by atoms with Gasteiger partial charge in [0.25, 0.3) is 0 Å². The molecule has 6 heteroatoms. The van der Waals surface area contributed by atoms with E-state index in [4.69, 9.17) is 19.2 Å². The molecule has 0 N–H and O–H groups in total. The number of nitrogens with zero attached hydrogens (tertiary/aromatic N) is 4. The van der Waals surface area contributed by atoms with Gasteiger partial charge in [0, 0.05) is 61.1 Å². The zero-order valence-electron chi connectivity index (χ0n) is 17.5. The van der Waals surface area contributed by atoms with E-state index in [2.05, 4.69) is 16.3 Å². The third-order valence-corrected chi connectivity index (χ3v) is 6.32. The molecule has 0 spiro atoms. The van der Waals surface area contributed by atoms with E-state index in [1.807, 2.05) is 30.3 Å². The molecule has 0 unspecified atom stereocenters. The van der Waals surface area contributed by atoms with Gasteiger partial charge in [-0.15, -0.1) is 0 Å². The van der Waals surface area contributed by atoms with Crippen molar-refractivity contribution in [1.82, 2.24) is 20.0 Å². The van der Waals surface area contributed by atoms with Crippen LogP contribution in [0.15, 0.2) is 41.1 Å². The molecule has 30 heavy (non-hydrogen) atoms. The standard InChI is InChI=1S/C24H28N4O2/c1-29-21-9-7-17(8-10-21)23-13-20(27-30-23)16-28-12-11-22-19(15-28)14-25-24(26-22)18-5-3-2-4-6-18/h7-10,13-14,18H,2-6,11-12,15-16H2,1H3. The summed E-state index contributed by atoms with van der Waals surface area (Å²) in [6.07, 6.45) is 9.51. The van der Waals surface area contributed by atoms with Crippen molar-refractivity contribution in [3.8, 4) is 17.1 Å². The Hall–Kier alpha value is -2.73. The summed E-state index contributed by atoms with van der Waals surface area (Å²) in [5.74, 6) is 3.25. The number of hydrogen-bond acceptors (Lipinski definition) is 6. The Morgan fingerprint density at radius 2 is 1.97 bits per heavy atom. The lowest BCUT2D eigenvalue weighted by atomic mass is 9.88. The van der Waals surface area contributed by atoms with E-state index in [1.165, 1.54) is 43.4 Å². The Morgan fingerprint density at radius 1 is 1.13 bits per heavy atom. The van der Waals surface area contributed by atoms with Gasteiger partial charge in [-0.25, -0.2) is 9.97 Å². The first-order valence-electron chi connectivity index (χ1n) is 11.0. The first kappa shape index (κ1) is 19.2. The van der Waals surface area contributed by atoms with Crippen LogP contribution in [-0.4, -0.2) is 33.7 Å². The molecule has 1 aliphatic heterocycles. The molecule has 0 saturated heterocycles. The van der Waals surface area contributed by atoms with Crippen molar-refractivity contribution < 1.29 is 9.26 Å². The van der Waals surface area contributed by atoms with Gasteiger partial charge < -0.3 is 9.26 Å². The second kappa shape index (κ2) is 8.56. The molecule has 2 aromatic heterocycles. The van der Waals surface area contributed by atoms with Crippen LogP contribution in [0.3, 0.4) is 0 Å². The number of fused-ring (bicyclic) bond motifs is 1. The third kappa shape index (κ3) is 4.10. The first-order chi connectivity index (χ1) is 14.8. The summed E-state index contributed by atoms with van der Waals surface area (Å²) in [6, 6.07) is 9.87. The van der Waals surface area contributed by atoms with Crippen molar-refractivity contribution in [3.05, 3.63) is 59.3 Å². The number of benzene rings is 1. The second-order valence-corrected chi connectivity index (χ2v) is 8.41. The van der Waals surface area contributed by atoms with Crippen LogP contribution < -0.4 is 4.74 Å². The predicted molar refractivity (Wildman–Crippen MR) is 114 cm³/mol. The number of methoxy groups -OCH3 is 1. The van der Waals surface area contributed by atoms with Gasteiger partial charge in [0.2, 0.25) is 0 Å². The van der Waals surface area contributed by atoms with Crippen molar-refractivity contribution in [1.29, 1.82) is 0 Å². The van der Waals surface area contributed by atoms with E-state index in [-0.39, 0.29) is 0 Å². The highest BCUT2D eigenvalue weighted by molar-refractivity contribution is 5.58. The Balaban J connectivity index is 1.24. The predicted octanol–water partition coefficient (Wildman–Crippen LogP) is 4.75. The smallest absolute Gasteiger partial charge is 0.167 e. The minimum atomic E-state index is 0.564. The minimum Gasteiger partial charge on any atom is -0.497 e. The summed E-state index contributed by atoms with van der Waals surface area (Å²) in [6.45, 7) is 2.62. The van der Waals surface area contributed by atoms with Crippen molar-refractivity contribution in [2.45, 2.75) is 57.5 Å². The maximum Gasteiger partial charge on any atom is 0.167 e. The molecule has 3 aromatic rings. The van der Waals surface area contributed by atoms with Gasteiger partial charge in [-0.3, -0.25) is 4.90 Å². The average molecular weight is 405 g/mol. The van der Waals surface area contributed by atoms with Crippen LogP contribution in [-0.2, 0) is 19.5 Å². The van der Waals surface area contributed by atoms with Crippen molar-refractivity contribution in [3.63, 3.8) is 0 Å². The van der Waals surface area contributed by atoms with E-state index >= 15 is 0 Å². The van der Waals surface area contributed by atoms with E-state index in [9.17, 15) is 0 Å². The molecule has 6 nitrogen and oxygen atoms in total. The van der Waals surface area contributed by atoms with Crippen LogP contribution >= 0.6 is 0 Å². The lowest BCUT2D eigenvalue weighted by molar-refractivity contribution is 0.234. The fraction of sp³-hybridized carbons (Fsp3) is 0.458. The molecular weight excluding hydrogens is 376 g/mol. The summed E-state index contributed by atoms with van der Waals surface area (Å²) in [7, 11) is 1.67. The molecular formula is C24H28N4O2. The van der Waals surface area contributed by atoms with Gasteiger partial charge in [-0.05, 0) is 37.1 Å². The minimum absolute atomic E-state index is 0.564. The number of ether oxygens (including phenoxy) is 1. The topological polar surface area (TPSA) is 64.3 Å². The monoisotopic (exact) mass is 404 g/mol. The maximum absolute atomic E-state index is 5.58. The molecule has 1 aliphatic carbocycles. The highest BCUT2D eigenvalue weighted by atomic mass is 16.5. The first-order valence-corrected chi connectivity index (χ1v) is 11.0. The zero-order chi connectivity index (χ0) is 20.3. The molecule has 0 amide bonds. The SMILES string of the molecule is COc1ccc(-c2cc(CN3CCc4nc(C5CCCCC5)ncc4C3)no2)cc1. The summed E-state index contributed by atoms with van der Waals surface area (Å²) in [4.78, 5) is 12.1. The summed E-state index contributed by atoms with van der Waals surface area (Å²) >= 11 is 0. The fourth-order valence-corrected chi connectivity index (χ4v) is 4.59. The number of aromatic nitrogens is 3. The van der Waals surface area contributed by atoms with Gasteiger partial charge in [0.1, 0.15) is 11.6 Å². The third-order valence-electron chi connectivity index (χ3n) is 6.32. The Kier molecular flexibility index (Phi) is 5.49. The van der Waals surface area contributed by atoms with Gasteiger partial charge >= 0.3 is 0 Å². The molecule has 156 valence electrons. The van der Waals surface area contributed by atoms with E-state index in [0.717, 1.165) is 54.6 Å². The van der Waals surface area contributed by atoms with Crippen LogP contribution in [0.5, 0.6) is 5.75 Å². The van der Waals surface area contributed by atoms with E-state index in [1.54, 1.807) is 7.11 Å². The lowest BCUT2D eigenvalue weighted by Crippen LogP contribution is -2.31. The summed E-state index contributed by atoms with van der Waals surface area (Å²) < 4.78 is 10.8. The molecule has 0 radical (unpaired) electrons. The van der Waals surface area contributed by atoms with Gasteiger partial charge in [0.05, 0.1) is 12.8 Å². The van der Waals surface area contributed by atoms with Crippen LogP contribution in [0.1, 0.15) is 60.8 Å². The largest absolute Gasteiger partial charge is 0.497 e. The van der Waals surface area contributed by atoms with Crippen molar-refractivity contribution >= 4 is 0 Å². The second-order valence-electron chi connectivity index (χ2n) is 8.41. The maximum atomic E-state index is 5.58.